The van der Waals surface area contributed by atoms with Crippen molar-refractivity contribution in [2.45, 2.75) is 233 Å². The number of primary amides is 1. The van der Waals surface area contributed by atoms with Crippen LogP contribution >= 0.6 is 0 Å². The second-order valence-electron chi connectivity index (χ2n) is 28.8. The van der Waals surface area contributed by atoms with Gasteiger partial charge in [-0.15, -0.1) is 0 Å². The Morgan fingerprint density at radius 3 is 1.71 bits per heavy atom. The van der Waals surface area contributed by atoms with Crippen LogP contribution in [0.25, 0.3) is 0 Å². The van der Waals surface area contributed by atoms with E-state index in [1.807, 2.05) is 10.6 Å². The molecule has 0 aliphatic carbocycles. The average Bonchev–Trinajstić information content (AvgIpc) is 0.810. The van der Waals surface area contributed by atoms with Crippen LogP contribution in [0.3, 0.4) is 0 Å². The van der Waals surface area contributed by atoms with Crippen molar-refractivity contribution in [1.29, 1.82) is 0 Å². The highest BCUT2D eigenvalue weighted by Crippen LogP contribution is 2.26. The summed E-state index contributed by atoms with van der Waals surface area (Å²) in [5, 5.41) is 86.0. The molecule has 1 aromatic heterocycles. The van der Waals surface area contributed by atoms with Gasteiger partial charge in [0, 0.05) is 39.2 Å². The highest BCUT2D eigenvalue weighted by atomic mass is 16.6. The maximum absolute atomic E-state index is 15.7. The Hall–Kier alpha value is -10.7. The predicted molar refractivity (Wildman–Crippen MR) is 391 cm³/mol. The summed E-state index contributed by atoms with van der Waals surface area (Å²) in [6.45, 7) is 20.4. The number of guanidine groups is 1. The lowest BCUT2D eigenvalue weighted by Crippen LogP contribution is -2.64. The third-order valence-corrected chi connectivity index (χ3v) is 15.7. The first-order valence-corrected chi connectivity index (χ1v) is 35.1. The summed E-state index contributed by atoms with van der Waals surface area (Å²) in [4.78, 5) is 213. The van der Waals surface area contributed by atoms with Crippen LogP contribution in [0.2, 0.25) is 0 Å². The maximum Gasteiger partial charge on any atom is 0.408 e. The van der Waals surface area contributed by atoms with Gasteiger partial charge in [-0.2, -0.15) is 0 Å². The smallest absolute Gasteiger partial charge is 0.408 e. The van der Waals surface area contributed by atoms with E-state index in [2.05, 4.69) is 57.8 Å². The molecule has 2 heterocycles. The lowest BCUT2D eigenvalue weighted by molar-refractivity contribution is -0.159. The fourth-order valence-corrected chi connectivity index (χ4v) is 10.2. The Balaban J connectivity index is 0.00000705. The molecule has 1 aromatic carbocycles. The molecule has 1 aliphatic rings. The minimum Gasteiger partial charge on any atom is -0.481 e. The van der Waals surface area contributed by atoms with Crippen molar-refractivity contribution in [3.63, 3.8) is 0 Å². The monoisotopic (exact) mass is 1540 g/mol. The van der Waals surface area contributed by atoms with Gasteiger partial charge in [-0.05, 0) is 93.7 Å². The molecule has 1 fully saturated rings. The van der Waals surface area contributed by atoms with Crippen molar-refractivity contribution >= 4 is 94.9 Å². The molecule has 1 aliphatic heterocycles. The van der Waals surface area contributed by atoms with E-state index in [1.165, 1.54) is 62.6 Å². The molecule has 0 bridgehead atoms. The first-order chi connectivity index (χ1) is 50.5. The summed E-state index contributed by atoms with van der Waals surface area (Å²) in [5.41, 5.74) is 15.0. The van der Waals surface area contributed by atoms with Gasteiger partial charge in [-0.3, -0.25) is 72.3 Å². The van der Waals surface area contributed by atoms with E-state index in [-0.39, 0.29) is 50.2 Å². The van der Waals surface area contributed by atoms with Gasteiger partial charge in [0.1, 0.15) is 60.0 Å². The van der Waals surface area contributed by atoms with Gasteiger partial charge in [0.25, 0.3) is 11.9 Å². The Morgan fingerprint density at radius 1 is 0.661 bits per heavy atom. The number of pyridine rings is 1. The van der Waals surface area contributed by atoms with E-state index in [1.54, 1.807) is 75.3 Å². The number of aliphatic carboxylic acids is 2. The number of aliphatic imine (C=N–C) groups is 1. The fraction of sp³-hybridized carbons (Fsp3) is 0.614. The Kier molecular flexibility index (Phi) is 41.1. The molecule has 3 rings (SSSR count). The molecule has 12 amide bonds. The van der Waals surface area contributed by atoms with Gasteiger partial charge < -0.3 is 116 Å². The number of aromatic nitrogens is 1. The van der Waals surface area contributed by atoms with Crippen LogP contribution in [0.4, 0.5) is 4.79 Å². The van der Waals surface area contributed by atoms with Crippen LogP contribution in [0.15, 0.2) is 59.9 Å². The second kappa shape index (κ2) is 46.5. The number of amides is 12. The SMILES string of the molecule is CC(=O)O.CC(=O)O.CC[C@H](C)[C@@H]1NC(=O)[C@@H](CCCN=C(N)N)NC(=O)[C@H](CC(C)C)NC(=O)[C@H]([C@H](O)C(C)C)NC(=O)[C@@H](NC(=O)[C@H](Cc2cccnc2)NC(=O)[C@@H](CC(C)(C)C)NC(=O)OC(C)(C)C)[C@@H](c2ccccc2)OC(=O)[C@H](CO)NC(=O)[C@H]([C@H](O)C(N)=O)NC(=O)CNC(=O)[C@H]([C@H](C)O)NC1=O. The number of hydrogen-bond donors (Lipinski definition) is 20. The van der Waals surface area contributed by atoms with Crippen molar-refractivity contribution in [1.82, 2.24) is 63.5 Å². The van der Waals surface area contributed by atoms with Crippen LogP contribution in [0, 0.1) is 23.2 Å². The zero-order chi connectivity index (χ0) is 83.5. The molecule has 1 saturated heterocycles. The number of carboxylic acids is 2. The highest BCUT2D eigenvalue weighted by Gasteiger charge is 2.44. The van der Waals surface area contributed by atoms with Crippen LogP contribution in [-0.4, -0.2) is 235 Å². The molecule has 23 N–H and O–H groups in total. The Morgan fingerprint density at radius 2 is 1.20 bits per heavy atom. The number of cyclic esters (lactones) is 1. The number of hydrogen-bond acceptors (Lipinski definition) is 23. The first kappa shape index (κ1) is 96.3. The number of rotatable bonds is 23. The number of aliphatic hydroxyl groups is 4. The summed E-state index contributed by atoms with van der Waals surface area (Å²) in [5.74, 6) is -19.3. The van der Waals surface area contributed by atoms with Gasteiger partial charge in [0.15, 0.2) is 24.2 Å². The summed E-state index contributed by atoms with van der Waals surface area (Å²) >= 11 is 0. The summed E-state index contributed by atoms with van der Waals surface area (Å²) in [7, 11) is 0. The van der Waals surface area contributed by atoms with Gasteiger partial charge in [-0.25, -0.2) is 9.59 Å². The van der Waals surface area contributed by atoms with Crippen LogP contribution in [-0.2, 0) is 83.0 Å². The summed E-state index contributed by atoms with van der Waals surface area (Å²) in [6, 6.07) is -8.83. The molecule has 39 nitrogen and oxygen atoms in total. The number of esters is 1. The standard InChI is InChI=1S/C66H104N16O19.2C2H4O2/c1-14-34(6)44-58(94)80-45(35(7)84)57(93)72-30-43(85)78-47(50(87)52(67)88)60(96)76-42(31-83)62(98)100-51(37-21-16-15-17-22-37)48(82-55(91)40(27-36-20-18-24-70-29-36)74-56(92)41(28-65(8,9)10)77-64(99)101-66(11,12)13)61(97)81-46(49(86)33(4)5)59(95)75-39(26-32(2)3)54(90)73-38(53(89)79-44)23-19-25-71-63(68)69;2*1-2(3)4/h15-18,20-22,24,29,32-35,38-42,44-51,83-84,86-87H,14,19,23,25-28,30-31H2,1-13H3,(H2,67,88)(H,72,93)(H,73,90)(H,74,92)(H,75,95)(H,76,96)(H,77,99)(H,78,85)(H,79,89)(H,80,94)(H,81,97)(H,82,91)(H4,68,69,71);2*1H3,(H,3,4)/t34-,35-,38+,39-,40-,41+,42-,44-,45-,46-,47-,48-,49+,50-,51+;;/m0../s1. The number of alkyl carbamates (subject to hydrolysis) is 1. The van der Waals surface area contributed by atoms with E-state index < -0.39 is 222 Å². The summed E-state index contributed by atoms with van der Waals surface area (Å²) in [6.07, 6.45) is -7.15. The molecule has 2 aromatic rings. The van der Waals surface area contributed by atoms with E-state index in [0.717, 1.165) is 20.8 Å². The molecule has 39 heteroatoms. The third-order valence-electron chi connectivity index (χ3n) is 15.7. The molecule has 0 spiro atoms. The second-order valence-corrected chi connectivity index (χ2v) is 28.8. The molecule has 0 saturated carbocycles. The topological polar surface area (TPSA) is 632 Å². The highest BCUT2D eigenvalue weighted by molar-refractivity contribution is 6.00. The number of carbonyl (C=O) groups excluding carboxylic acids is 13. The molecular weight excluding hydrogens is 1430 g/mol. The van der Waals surface area contributed by atoms with Gasteiger partial charge in [0.2, 0.25) is 65.0 Å². The minimum absolute atomic E-state index is 0.0222. The third kappa shape index (κ3) is 36.7. The van der Waals surface area contributed by atoms with Crippen LogP contribution in [0.5, 0.6) is 0 Å². The normalized spacial score (nSPS) is 22.1. The number of nitrogens with one attached hydrogen (secondary N) is 11. The van der Waals surface area contributed by atoms with Gasteiger partial charge >= 0.3 is 12.1 Å². The van der Waals surface area contributed by atoms with E-state index in [9.17, 15) is 68.4 Å². The Bertz CT molecular complexity index is 3400. The number of ether oxygens (including phenoxy) is 2. The Labute approximate surface area is 632 Å². The van der Waals surface area contributed by atoms with Crippen molar-refractivity contribution < 1.29 is 112 Å². The largest absolute Gasteiger partial charge is 0.481 e. The molecule has 109 heavy (non-hydrogen) atoms. The van der Waals surface area contributed by atoms with Crippen LogP contribution < -0.4 is 75.7 Å². The van der Waals surface area contributed by atoms with Crippen molar-refractivity contribution in [2.24, 2.45) is 45.4 Å². The van der Waals surface area contributed by atoms with Crippen molar-refractivity contribution in [2.75, 3.05) is 19.7 Å². The van der Waals surface area contributed by atoms with Crippen molar-refractivity contribution in [3.8, 4) is 0 Å². The van der Waals surface area contributed by atoms with Crippen LogP contribution in [0.1, 0.15) is 153 Å². The van der Waals surface area contributed by atoms with Gasteiger partial charge in [0.05, 0.1) is 25.4 Å². The number of carbonyl (C=O) groups is 15. The molecular formula is C70H112N16O23. The first-order valence-electron chi connectivity index (χ1n) is 35.1. The molecule has 610 valence electrons. The molecule has 0 radical (unpaired) electrons. The maximum atomic E-state index is 15.7. The number of nitrogens with zero attached hydrogens (tertiary/aromatic N) is 2. The number of benzene rings is 1. The minimum atomic E-state index is -2.61. The lowest BCUT2D eigenvalue weighted by Gasteiger charge is -2.34. The zero-order valence-corrected chi connectivity index (χ0v) is 64.1. The van der Waals surface area contributed by atoms with E-state index in [4.69, 9.17) is 46.5 Å². The number of nitrogens with two attached hydrogens (primary N) is 3. The predicted octanol–water partition coefficient (Wildman–Crippen LogP) is -3.71. The average molecular weight is 1550 g/mol. The lowest BCUT2D eigenvalue weighted by atomic mass is 9.87. The fourth-order valence-electron chi connectivity index (χ4n) is 10.2. The van der Waals surface area contributed by atoms with Crippen molar-refractivity contribution in [3.05, 3.63) is 66.0 Å². The van der Waals surface area contributed by atoms with Gasteiger partial charge in [-0.1, -0.05) is 105 Å². The molecule has 15 atom stereocenters. The number of carboxylic acid groups (broad SMARTS) is 2. The quantitative estimate of drug-likeness (QED) is 0.0220. The van der Waals surface area contributed by atoms with E-state index >= 15 is 14.4 Å². The van der Waals surface area contributed by atoms with E-state index in [0.29, 0.717) is 5.56 Å². The summed E-state index contributed by atoms with van der Waals surface area (Å²) < 4.78 is 11.5. The number of aliphatic hydroxyl groups excluding tert-OH is 4. The zero-order valence-electron chi connectivity index (χ0n) is 64.1. The molecule has 0 unspecified atom stereocenters.